The molecular formula is C9H14FN3. The van der Waals surface area contributed by atoms with Crippen LogP contribution in [0.3, 0.4) is 0 Å². The van der Waals surface area contributed by atoms with Crippen LogP contribution in [-0.4, -0.2) is 6.54 Å². The van der Waals surface area contributed by atoms with Gasteiger partial charge in [-0.05, 0) is 30.2 Å². The molecule has 0 saturated carbocycles. The van der Waals surface area contributed by atoms with Gasteiger partial charge in [0.15, 0.2) is 0 Å². The predicted molar refractivity (Wildman–Crippen MR) is 51.5 cm³/mol. The van der Waals surface area contributed by atoms with Crippen molar-refractivity contribution in [2.45, 2.75) is 13.0 Å². The highest BCUT2D eigenvalue weighted by Crippen LogP contribution is 2.23. The topological polar surface area (TPSA) is 78.1 Å². The van der Waals surface area contributed by atoms with Crippen molar-refractivity contribution in [3.8, 4) is 0 Å². The molecule has 13 heavy (non-hydrogen) atoms. The van der Waals surface area contributed by atoms with Gasteiger partial charge in [-0.1, -0.05) is 0 Å². The van der Waals surface area contributed by atoms with E-state index >= 15 is 0 Å². The Morgan fingerprint density at radius 3 is 2.62 bits per heavy atom. The Hall–Kier alpha value is -1.13. The third-order valence-corrected chi connectivity index (χ3v) is 2.04. The van der Waals surface area contributed by atoms with Crippen molar-refractivity contribution in [3.63, 3.8) is 0 Å². The highest BCUT2D eigenvalue weighted by atomic mass is 19.1. The summed E-state index contributed by atoms with van der Waals surface area (Å²) in [5.74, 6) is -0.328. The largest absolute Gasteiger partial charge is 0.398 e. The van der Waals surface area contributed by atoms with Crippen LogP contribution in [0.4, 0.5) is 10.1 Å². The second kappa shape index (κ2) is 3.72. The van der Waals surface area contributed by atoms with Gasteiger partial charge in [0.2, 0.25) is 0 Å². The molecule has 0 aromatic heterocycles. The molecule has 0 aliphatic carbocycles. The first-order chi connectivity index (χ1) is 6.06. The molecule has 0 saturated heterocycles. The standard InChI is InChI=1S/C9H14FN3/c1-5-2-6(10)3-7(9(5)13)8(12)4-11/h2-3,8H,4,11-13H2,1H3. The Labute approximate surface area is 76.7 Å². The summed E-state index contributed by atoms with van der Waals surface area (Å²) < 4.78 is 13.0. The van der Waals surface area contributed by atoms with Crippen LogP contribution in [0.5, 0.6) is 0 Å². The average Bonchev–Trinajstić information content (AvgIpc) is 2.10. The summed E-state index contributed by atoms with van der Waals surface area (Å²) in [7, 11) is 0. The normalized spacial score (nSPS) is 12.9. The lowest BCUT2D eigenvalue weighted by molar-refractivity contribution is 0.619. The van der Waals surface area contributed by atoms with Crippen LogP contribution < -0.4 is 17.2 Å². The molecule has 72 valence electrons. The van der Waals surface area contributed by atoms with E-state index in [1.165, 1.54) is 12.1 Å². The first kappa shape index (κ1) is 9.95. The molecule has 4 heteroatoms. The highest BCUT2D eigenvalue weighted by Gasteiger charge is 2.10. The van der Waals surface area contributed by atoms with Gasteiger partial charge in [0.25, 0.3) is 0 Å². The van der Waals surface area contributed by atoms with E-state index in [4.69, 9.17) is 17.2 Å². The summed E-state index contributed by atoms with van der Waals surface area (Å²) >= 11 is 0. The van der Waals surface area contributed by atoms with Crippen molar-refractivity contribution in [3.05, 3.63) is 29.1 Å². The zero-order valence-electron chi connectivity index (χ0n) is 7.55. The number of aryl methyl sites for hydroxylation is 1. The summed E-state index contributed by atoms with van der Waals surface area (Å²) in [4.78, 5) is 0. The Morgan fingerprint density at radius 2 is 2.08 bits per heavy atom. The molecule has 6 N–H and O–H groups in total. The molecule has 0 spiro atoms. The maximum absolute atomic E-state index is 13.0. The molecular weight excluding hydrogens is 169 g/mol. The van der Waals surface area contributed by atoms with E-state index in [2.05, 4.69) is 0 Å². The van der Waals surface area contributed by atoms with Gasteiger partial charge < -0.3 is 17.2 Å². The van der Waals surface area contributed by atoms with Crippen molar-refractivity contribution >= 4 is 5.69 Å². The van der Waals surface area contributed by atoms with E-state index in [9.17, 15) is 4.39 Å². The number of benzene rings is 1. The van der Waals surface area contributed by atoms with Gasteiger partial charge in [-0.15, -0.1) is 0 Å². The second-order valence-electron chi connectivity index (χ2n) is 3.07. The number of hydrogen-bond donors (Lipinski definition) is 3. The van der Waals surface area contributed by atoms with Crippen LogP contribution in [-0.2, 0) is 0 Å². The number of halogens is 1. The Balaban J connectivity index is 3.20. The van der Waals surface area contributed by atoms with E-state index in [-0.39, 0.29) is 12.4 Å². The van der Waals surface area contributed by atoms with Crippen molar-refractivity contribution in [2.75, 3.05) is 12.3 Å². The van der Waals surface area contributed by atoms with Gasteiger partial charge in [-0.3, -0.25) is 0 Å². The Morgan fingerprint density at radius 1 is 1.46 bits per heavy atom. The van der Waals surface area contributed by atoms with Crippen LogP contribution in [0.2, 0.25) is 0 Å². The first-order valence-electron chi connectivity index (χ1n) is 4.07. The lowest BCUT2D eigenvalue weighted by atomic mass is 10.0. The second-order valence-corrected chi connectivity index (χ2v) is 3.07. The van der Waals surface area contributed by atoms with Crippen LogP contribution in [0, 0.1) is 12.7 Å². The van der Waals surface area contributed by atoms with E-state index in [0.29, 0.717) is 16.8 Å². The van der Waals surface area contributed by atoms with E-state index in [0.717, 1.165) is 0 Å². The fourth-order valence-electron chi connectivity index (χ4n) is 1.21. The number of nitrogens with two attached hydrogens (primary N) is 3. The van der Waals surface area contributed by atoms with Crippen molar-refractivity contribution < 1.29 is 4.39 Å². The third kappa shape index (κ3) is 1.96. The van der Waals surface area contributed by atoms with Crippen molar-refractivity contribution in [1.29, 1.82) is 0 Å². The third-order valence-electron chi connectivity index (χ3n) is 2.04. The minimum Gasteiger partial charge on any atom is -0.398 e. The summed E-state index contributed by atoms with van der Waals surface area (Å²) in [5, 5.41) is 0. The average molecular weight is 183 g/mol. The molecule has 1 unspecified atom stereocenters. The van der Waals surface area contributed by atoms with Crippen molar-refractivity contribution in [1.82, 2.24) is 0 Å². The van der Waals surface area contributed by atoms with Crippen LogP contribution in [0.15, 0.2) is 12.1 Å². The fraction of sp³-hybridized carbons (Fsp3) is 0.333. The predicted octanol–water partition coefficient (Wildman–Crippen LogP) is 0.675. The fourth-order valence-corrected chi connectivity index (χ4v) is 1.21. The Bertz CT molecular complexity index is 312. The maximum Gasteiger partial charge on any atom is 0.123 e. The molecule has 0 bridgehead atoms. The van der Waals surface area contributed by atoms with E-state index in [1.807, 2.05) is 0 Å². The van der Waals surface area contributed by atoms with Gasteiger partial charge in [0, 0.05) is 18.3 Å². The Kier molecular flexibility index (Phi) is 2.85. The van der Waals surface area contributed by atoms with Crippen LogP contribution >= 0.6 is 0 Å². The number of anilines is 1. The summed E-state index contributed by atoms with van der Waals surface area (Å²) in [6.07, 6.45) is 0. The van der Waals surface area contributed by atoms with Gasteiger partial charge in [-0.25, -0.2) is 4.39 Å². The van der Waals surface area contributed by atoms with Gasteiger partial charge in [-0.2, -0.15) is 0 Å². The molecule has 3 nitrogen and oxygen atoms in total. The summed E-state index contributed by atoms with van der Waals surface area (Å²) in [5.41, 5.74) is 18.6. The van der Waals surface area contributed by atoms with Crippen LogP contribution in [0.25, 0.3) is 0 Å². The first-order valence-corrected chi connectivity index (χ1v) is 4.07. The highest BCUT2D eigenvalue weighted by molar-refractivity contribution is 5.54. The van der Waals surface area contributed by atoms with Gasteiger partial charge in [0.1, 0.15) is 5.82 Å². The molecule has 1 atom stereocenters. The molecule has 0 amide bonds. The smallest absolute Gasteiger partial charge is 0.123 e. The molecule has 0 radical (unpaired) electrons. The zero-order chi connectivity index (χ0) is 10.0. The number of hydrogen-bond acceptors (Lipinski definition) is 3. The molecule has 1 aromatic rings. The number of nitrogen functional groups attached to an aromatic ring is 1. The molecule has 0 aliphatic rings. The van der Waals surface area contributed by atoms with Crippen molar-refractivity contribution in [2.24, 2.45) is 11.5 Å². The molecule has 0 fully saturated rings. The molecule has 1 rings (SSSR count). The lowest BCUT2D eigenvalue weighted by Crippen LogP contribution is -2.22. The summed E-state index contributed by atoms with van der Waals surface area (Å²) in [6.45, 7) is 2.00. The van der Waals surface area contributed by atoms with E-state index in [1.54, 1.807) is 6.92 Å². The zero-order valence-corrected chi connectivity index (χ0v) is 7.55. The van der Waals surface area contributed by atoms with Gasteiger partial charge >= 0.3 is 0 Å². The number of rotatable bonds is 2. The lowest BCUT2D eigenvalue weighted by Gasteiger charge is -2.14. The maximum atomic E-state index is 13.0. The quantitative estimate of drug-likeness (QED) is 0.590. The van der Waals surface area contributed by atoms with Crippen LogP contribution in [0.1, 0.15) is 17.2 Å². The minimum atomic E-state index is -0.394. The SMILES string of the molecule is Cc1cc(F)cc(C(N)CN)c1N. The van der Waals surface area contributed by atoms with Gasteiger partial charge in [0.05, 0.1) is 0 Å². The monoisotopic (exact) mass is 183 g/mol. The molecule has 0 aliphatic heterocycles. The molecule has 1 aromatic carbocycles. The molecule has 0 heterocycles. The minimum absolute atomic E-state index is 0.257. The summed E-state index contributed by atoms with van der Waals surface area (Å²) in [6, 6.07) is 2.32. The van der Waals surface area contributed by atoms with E-state index < -0.39 is 6.04 Å².